The first-order valence-electron chi connectivity index (χ1n) is 13.2. The Morgan fingerprint density at radius 3 is 2.40 bits per heavy atom. The smallest absolute Gasteiger partial charge is 0.317 e. The number of benzene rings is 2. The van der Waals surface area contributed by atoms with Crippen molar-refractivity contribution in [3.63, 3.8) is 0 Å². The zero-order valence-corrected chi connectivity index (χ0v) is 23.7. The summed E-state index contributed by atoms with van der Waals surface area (Å²) in [6, 6.07) is 15.6. The molecule has 1 fully saturated rings. The lowest BCUT2D eigenvalue weighted by atomic mass is 10.1. The van der Waals surface area contributed by atoms with Crippen LogP contribution >= 0.6 is 23.2 Å². The molecular weight excluding hydrogens is 551 g/mol. The number of hydrogen-bond donors (Lipinski definition) is 3. The van der Waals surface area contributed by atoms with Crippen molar-refractivity contribution in [2.24, 2.45) is 0 Å². The highest BCUT2D eigenvalue weighted by molar-refractivity contribution is 6.30. The fourth-order valence-electron chi connectivity index (χ4n) is 4.48. The van der Waals surface area contributed by atoms with E-state index in [1.807, 2.05) is 25.1 Å². The number of hydrogen-bond acceptors (Lipinski definition) is 5. The molecule has 0 aliphatic carbocycles. The van der Waals surface area contributed by atoms with Crippen molar-refractivity contribution in [3.8, 4) is 0 Å². The number of nitrogens with zero attached hydrogens (tertiary/aromatic N) is 3. The highest BCUT2D eigenvalue weighted by Crippen LogP contribution is 2.29. The Morgan fingerprint density at radius 2 is 1.68 bits per heavy atom. The van der Waals surface area contributed by atoms with Gasteiger partial charge in [-0.1, -0.05) is 35.3 Å². The predicted octanol–water partition coefficient (Wildman–Crippen LogP) is 4.77. The van der Waals surface area contributed by atoms with Crippen LogP contribution in [0.5, 0.6) is 0 Å². The first-order valence-corrected chi connectivity index (χ1v) is 14.0. The summed E-state index contributed by atoms with van der Waals surface area (Å²) >= 11 is 12.4. The largest absolute Gasteiger partial charge is 0.368 e. The minimum Gasteiger partial charge on any atom is -0.368 e. The fourth-order valence-corrected chi connectivity index (χ4v) is 4.88. The van der Waals surface area contributed by atoms with Gasteiger partial charge < -0.3 is 25.8 Å². The molecule has 1 unspecified atom stereocenters. The van der Waals surface area contributed by atoms with Crippen molar-refractivity contribution in [1.82, 2.24) is 20.5 Å². The molecule has 2 aromatic carbocycles. The van der Waals surface area contributed by atoms with E-state index in [1.165, 1.54) is 0 Å². The lowest BCUT2D eigenvalue weighted by Gasteiger charge is -2.26. The second kappa shape index (κ2) is 14.0. The number of aromatic nitrogens is 1. The summed E-state index contributed by atoms with van der Waals surface area (Å²) in [5.41, 5.74) is 2.35. The van der Waals surface area contributed by atoms with E-state index in [4.69, 9.17) is 23.2 Å². The molecule has 1 saturated heterocycles. The molecule has 11 heteroatoms. The molecule has 0 radical (unpaired) electrons. The molecule has 0 saturated carbocycles. The number of nitrogens with one attached hydrogen (secondary N) is 3. The molecular formula is C29H32Cl2N6O3. The van der Waals surface area contributed by atoms with Crippen molar-refractivity contribution < 1.29 is 14.4 Å². The molecule has 1 atom stereocenters. The van der Waals surface area contributed by atoms with E-state index in [9.17, 15) is 14.4 Å². The van der Waals surface area contributed by atoms with Gasteiger partial charge in [0.05, 0.1) is 11.4 Å². The second-order valence-electron chi connectivity index (χ2n) is 9.36. The van der Waals surface area contributed by atoms with Gasteiger partial charge in [0.25, 0.3) is 11.8 Å². The van der Waals surface area contributed by atoms with Gasteiger partial charge in [0.2, 0.25) is 0 Å². The molecule has 40 heavy (non-hydrogen) atoms. The molecule has 210 valence electrons. The van der Waals surface area contributed by atoms with Crippen molar-refractivity contribution in [3.05, 3.63) is 88.7 Å². The first-order chi connectivity index (χ1) is 19.3. The van der Waals surface area contributed by atoms with Gasteiger partial charge in [0.1, 0.15) is 5.50 Å². The Labute approximate surface area is 243 Å². The number of rotatable bonds is 8. The molecule has 0 bridgehead atoms. The van der Waals surface area contributed by atoms with Crippen molar-refractivity contribution in [2.45, 2.75) is 25.3 Å². The van der Waals surface area contributed by atoms with E-state index < -0.39 is 5.50 Å². The minimum absolute atomic E-state index is 0.0863. The molecule has 3 N–H and O–H groups in total. The quantitative estimate of drug-likeness (QED) is 0.262. The molecule has 3 aromatic rings. The average molecular weight is 584 g/mol. The Morgan fingerprint density at radius 1 is 0.925 bits per heavy atom. The fraction of sp³-hybridized carbons (Fsp3) is 0.310. The van der Waals surface area contributed by atoms with Crippen molar-refractivity contribution >= 4 is 52.4 Å². The average Bonchev–Trinajstić information content (AvgIpc) is 3.21. The van der Waals surface area contributed by atoms with Gasteiger partial charge in [0.15, 0.2) is 0 Å². The number of alkyl halides is 1. The Hall–Kier alpha value is -3.82. The Balaban J connectivity index is 1.54. The first kappa shape index (κ1) is 29.2. The van der Waals surface area contributed by atoms with Crippen molar-refractivity contribution in [1.29, 1.82) is 0 Å². The van der Waals surface area contributed by atoms with Crippen LogP contribution in [0.3, 0.4) is 0 Å². The van der Waals surface area contributed by atoms with E-state index in [0.717, 1.165) is 17.7 Å². The standard InChI is InChI=1S/C29H32Cl2N6O3/c1-2-33-29(40)37-15-3-14-36(16-17-37)25-9-6-22(19-24(25)34-27(38)21-10-12-32-13-11-21)28(39)35-26(31)18-20-4-7-23(30)8-5-20/h4-13,19,26H,2-3,14-18H2,1H3,(H,33,40)(H,34,38)(H,35,39). The predicted molar refractivity (Wildman–Crippen MR) is 158 cm³/mol. The highest BCUT2D eigenvalue weighted by atomic mass is 35.5. The molecule has 1 aromatic heterocycles. The van der Waals surface area contributed by atoms with Gasteiger partial charge in [-0.15, -0.1) is 0 Å². The zero-order valence-electron chi connectivity index (χ0n) is 22.2. The maximum Gasteiger partial charge on any atom is 0.317 e. The summed E-state index contributed by atoms with van der Waals surface area (Å²) in [4.78, 5) is 46.5. The second-order valence-corrected chi connectivity index (χ2v) is 10.3. The zero-order chi connectivity index (χ0) is 28.5. The van der Waals surface area contributed by atoms with E-state index >= 15 is 0 Å². The molecule has 0 spiro atoms. The van der Waals surface area contributed by atoms with Gasteiger partial charge in [-0.25, -0.2) is 4.79 Å². The number of pyridine rings is 1. The number of halogens is 2. The molecule has 1 aliphatic rings. The summed E-state index contributed by atoms with van der Waals surface area (Å²) in [5.74, 6) is -0.684. The van der Waals surface area contributed by atoms with Crippen LogP contribution in [-0.4, -0.2) is 66.0 Å². The van der Waals surface area contributed by atoms with Crippen LogP contribution in [0, 0.1) is 0 Å². The third-order valence-electron chi connectivity index (χ3n) is 6.52. The van der Waals surface area contributed by atoms with E-state index in [0.29, 0.717) is 61.0 Å². The number of carbonyl (C=O) groups is 3. The summed E-state index contributed by atoms with van der Waals surface area (Å²) in [6.07, 6.45) is 4.28. The van der Waals surface area contributed by atoms with E-state index in [1.54, 1.807) is 53.7 Å². The molecule has 4 amide bonds. The van der Waals surface area contributed by atoms with Crippen LogP contribution in [-0.2, 0) is 6.42 Å². The molecule has 1 aliphatic heterocycles. The molecule has 9 nitrogen and oxygen atoms in total. The Kier molecular flexibility index (Phi) is 10.2. The normalized spacial score (nSPS) is 14.2. The summed E-state index contributed by atoms with van der Waals surface area (Å²) in [7, 11) is 0. The van der Waals surface area contributed by atoms with E-state index in [2.05, 4.69) is 25.8 Å². The maximum absolute atomic E-state index is 13.1. The maximum atomic E-state index is 13.1. The van der Waals surface area contributed by atoms with Crippen LogP contribution in [0.25, 0.3) is 0 Å². The van der Waals surface area contributed by atoms with Gasteiger partial charge in [-0.05, 0) is 61.4 Å². The lowest BCUT2D eigenvalue weighted by Crippen LogP contribution is -2.42. The minimum atomic E-state index is -0.644. The molecule has 4 rings (SSSR count). The van der Waals surface area contributed by atoms with Crippen LogP contribution in [0.2, 0.25) is 5.02 Å². The van der Waals surface area contributed by atoms with Crippen LogP contribution in [0.4, 0.5) is 16.2 Å². The summed E-state index contributed by atoms with van der Waals surface area (Å²) < 4.78 is 0. The van der Waals surface area contributed by atoms with Crippen LogP contribution < -0.4 is 20.9 Å². The number of anilines is 2. The topological polar surface area (TPSA) is 107 Å². The highest BCUT2D eigenvalue weighted by Gasteiger charge is 2.22. The summed E-state index contributed by atoms with van der Waals surface area (Å²) in [6.45, 7) is 4.88. The van der Waals surface area contributed by atoms with Gasteiger partial charge in [-0.2, -0.15) is 0 Å². The SMILES string of the molecule is CCNC(=O)N1CCCN(c2ccc(C(=O)NC(Cl)Cc3ccc(Cl)cc3)cc2NC(=O)c2ccncc2)CC1. The number of urea groups is 1. The third-order valence-corrected chi connectivity index (χ3v) is 7.03. The third kappa shape index (κ3) is 7.86. The summed E-state index contributed by atoms with van der Waals surface area (Å²) in [5, 5.41) is 9.26. The van der Waals surface area contributed by atoms with Crippen LogP contribution in [0.1, 0.15) is 39.6 Å². The lowest BCUT2D eigenvalue weighted by molar-refractivity contribution is 0.0947. The van der Waals surface area contributed by atoms with Gasteiger partial charge in [-0.3, -0.25) is 14.6 Å². The van der Waals surface area contributed by atoms with Gasteiger partial charge >= 0.3 is 6.03 Å². The number of carbonyl (C=O) groups excluding carboxylic acids is 3. The number of amides is 4. The van der Waals surface area contributed by atoms with E-state index in [-0.39, 0.29) is 17.8 Å². The molecule has 2 heterocycles. The van der Waals surface area contributed by atoms with Crippen molar-refractivity contribution in [2.75, 3.05) is 42.9 Å². The Bertz CT molecular complexity index is 1320. The van der Waals surface area contributed by atoms with Crippen LogP contribution in [0.15, 0.2) is 67.0 Å². The van der Waals surface area contributed by atoms with Gasteiger partial charge in [0, 0.05) is 67.7 Å². The monoisotopic (exact) mass is 582 g/mol.